The fraction of sp³-hybridized carbons (Fsp3) is 0.455. The smallest absolute Gasteiger partial charge is 0.224 e. The van der Waals surface area contributed by atoms with Crippen LogP contribution in [0.2, 0.25) is 0 Å². The first-order chi connectivity index (χ1) is 7.63. The summed E-state index contributed by atoms with van der Waals surface area (Å²) in [5.41, 5.74) is 6.93. The summed E-state index contributed by atoms with van der Waals surface area (Å²) in [6.45, 7) is 2.49. The normalized spacial score (nSPS) is 10.2. The molecule has 0 aliphatic rings. The van der Waals surface area contributed by atoms with Gasteiger partial charge in [0, 0.05) is 6.42 Å². The van der Waals surface area contributed by atoms with Crippen LogP contribution in [-0.4, -0.2) is 17.4 Å². The van der Waals surface area contributed by atoms with Crippen LogP contribution < -0.4 is 11.1 Å². The number of aryl methyl sites for hydroxylation is 1. The molecule has 0 unspecified atom stereocenters. The predicted octanol–water partition coefficient (Wildman–Crippen LogP) is 2.22. The van der Waals surface area contributed by atoms with Crippen molar-refractivity contribution in [3.8, 4) is 0 Å². The number of rotatable bonds is 5. The second kappa shape index (κ2) is 6.60. The number of nitrogens with two attached hydrogens (primary N) is 1. The van der Waals surface area contributed by atoms with Gasteiger partial charge in [0.15, 0.2) is 0 Å². The standard InChI is InChI=1S/C11H16BrN3O/c1-8-9(5-6-10(12)14-8)15-11(16)4-2-3-7-13/h5-6H,2-4,7,13H2,1H3,(H,15,16). The first kappa shape index (κ1) is 13.1. The number of pyridine rings is 1. The van der Waals surface area contributed by atoms with Crippen molar-refractivity contribution < 1.29 is 4.79 Å². The van der Waals surface area contributed by atoms with Crippen molar-refractivity contribution in [2.45, 2.75) is 26.2 Å². The van der Waals surface area contributed by atoms with Gasteiger partial charge in [0.25, 0.3) is 0 Å². The molecule has 0 aromatic carbocycles. The number of carbonyl (C=O) groups is 1. The van der Waals surface area contributed by atoms with Crippen molar-refractivity contribution in [2.24, 2.45) is 5.73 Å². The molecule has 0 radical (unpaired) electrons. The molecule has 1 aromatic heterocycles. The van der Waals surface area contributed by atoms with Crippen molar-refractivity contribution >= 4 is 27.5 Å². The molecule has 3 N–H and O–H groups in total. The molecular weight excluding hydrogens is 270 g/mol. The Morgan fingerprint density at radius 2 is 2.25 bits per heavy atom. The maximum absolute atomic E-state index is 11.5. The van der Waals surface area contributed by atoms with Gasteiger partial charge >= 0.3 is 0 Å². The van der Waals surface area contributed by atoms with Gasteiger partial charge in [0.05, 0.1) is 11.4 Å². The van der Waals surface area contributed by atoms with Gasteiger partial charge in [-0.05, 0) is 54.4 Å². The number of aromatic nitrogens is 1. The Morgan fingerprint density at radius 3 is 2.88 bits per heavy atom. The summed E-state index contributed by atoms with van der Waals surface area (Å²) < 4.78 is 0.770. The van der Waals surface area contributed by atoms with E-state index in [0.717, 1.165) is 28.8 Å². The van der Waals surface area contributed by atoms with Crippen molar-refractivity contribution in [3.63, 3.8) is 0 Å². The van der Waals surface area contributed by atoms with E-state index in [1.165, 1.54) is 0 Å². The minimum atomic E-state index is 0.0145. The lowest BCUT2D eigenvalue weighted by atomic mass is 10.2. The van der Waals surface area contributed by atoms with E-state index < -0.39 is 0 Å². The topological polar surface area (TPSA) is 68.0 Å². The van der Waals surface area contributed by atoms with Gasteiger partial charge in [-0.1, -0.05) is 0 Å². The van der Waals surface area contributed by atoms with Crippen LogP contribution in [-0.2, 0) is 4.79 Å². The summed E-state index contributed by atoms with van der Waals surface area (Å²) >= 11 is 3.28. The minimum absolute atomic E-state index is 0.0145. The molecule has 0 bridgehead atoms. The van der Waals surface area contributed by atoms with Crippen LogP contribution in [0, 0.1) is 6.92 Å². The molecule has 16 heavy (non-hydrogen) atoms. The average Bonchev–Trinajstić information content (AvgIpc) is 2.23. The molecule has 5 heteroatoms. The third-order valence-corrected chi connectivity index (χ3v) is 2.63. The molecule has 4 nitrogen and oxygen atoms in total. The number of halogens is 1. The Bertz CT molecular complexity index is 368. The lowest BCUT2D eigenvalue weighted by molar-refractivity contribution is -0.116. The molecule has 1 aromatic rings. The summed E-state index contributed by atoms with van der Waals surface area (Å²) in [6.07, 6.45) is 2.21. The van der Waals surface area contributed by atoms with E-state index in [-0.39, 0.29) is 5.91 Å². The number of nitrogens with one attached hydrogen (secondary N) is 1. The van der Waals surface area contributed by atoms with Gasteiger partial charge in [0.1, 0.15) is 4.60 Å². The number of hydrogen-bond acceptors (Lipinski definition) is 3. The Morgan fingerprint density at radius 1 is 1.50 bits per heavy atom. The number of unbranched alkanes of at least 4 members (excludes halogenated alkanes) is 1. The van der Waals surface area contributed by atoms with E-state index in [2.05, 4.69) is 26.2 Å². The third-order valence-electron chi connectivity index (χ3n) is 2.18. The average molecular weight is 286 g/mol. The molecule has 0 saturated heterocycles. The van der Waals surface area contributed by atoms with Crippen LogP contribution >= 0.6 is 15.9 Å². The van der Waals surface area contributed by atoms with Gasteiger partial charge in [-0.15, -0.1) is 0 Å². The third kappa shape index (κ3) is 4.28. The second-order valence-corrected chi connectivity index (χ2v) is 4.37. The Balaban J connectivity index is 2.49. The van der Waals surface area contributed by atoms with Crippen LogP contribution in [0.1, 0.15) is 25.0 Å². The number of nitrogens with zero attached hydrogens (tertiary/aromatic N) is 1. The van der Waals surface area contributed by atoms with Crippen molar-refractivity contribution in [1.29, 1.82) is 0 Å². The largest absolute Gasteiger partial charge is 0.330 e. The molecule has 1 heterocycles. The van der Waals surface area contributed by atoms with Gasteiger partial charge in [-0.2, -0.15) is 0 Å². The maximum atomic E-state index is 11.5. The van der Waals surface area contributed by atoms with E-state index in [4.69, 9.17) is 5.73 Å². The minimum Gasteiger partial charge on any atom is -0.330 e. The van der Waals surface area contributed by atoms with E-state index in [0.29, 0.717) is 13.0 Å². The Kier molecular flexibility index (Phi) is 5.42. The molecule has 0 saturated carbocycles. The molecule has 1 amide bonds. The van der Waals surface area contributed by atoms with Crippen LogP contribution in [0.3, 0.4) is 0 Å². The zero-order valence-corrected chi connectivity index (χ0v) is 10.9. The van der Waals surface area contributed by atoms with Gasteiger partial charge < -0.3 is 11.1 Å². The van der Waals surface area contributed by atoms with Crippen molar-refractivity contribution in [1.82, 2.24) is 4.98 Å². The summed E-state index contributed by atoms with van der Waals surface area (Å²) in [5, 5.41) is 2.83. The Labute approximate surface area is 104 Å². The van der Waals surface area contributed by atoms with Crippen molar-refractivity contribution in [2.75, 3.05) is 11.9 Å². The molecule has 1 rings (SSSR count). The number of amides is 1. The molecular formula is C11H16BrN3O. The van der Waals surface area contributed by atoms with Crippen LogP contribution in [0.25, 0.3) is 0 Å². The summed E-state index contributed by atoms with van der Waals surface area (Å²) in [5.74, 6) is 0.0145. The van der Waals surface area contributed by atoms with Crippen LogP contribution in [0.4, 0.5) is 5.69 Å². The highest BCUT2D eigenvalue weighted by Crippen LogP contribution is 2.16. The highest BCUT2D eigenvalue weighted by atomic mass is 79.9. The SMILES string of the molecule is Cc1nc(Br)ccc1NC(=O)CCCCN. The molecule has 0 aliphatic heterocycles. The molecule has 0 fully saturated rings. The van der Waals surface area contributed by atoms with Gasteiger partial charge in [0.2, 0.25) is 5.91 Å². The fourth-order valence-corrected chi connectivity index (χ4v) is 1.70. The number of anilines is 1. The maximum Gasteiger partial charge on any atom is 0.224 e. The monoisotopic (exact) mass is 285 g/mol. The van der Waals surface area contributed by atoms with E-state index >= 15 is 0 Å². The molecule has 88 valence electrons. The van der Waals surface area contributed by atoms with Gasteiger partial charge in [-0.25, -0.2) is 4.98 Å². The highest BCUT2D eigenvalue weighted by Gasteiger charge is 2.05. The lowest BCUT2D eigenvalue weighted by Gasteiger charge is -2.07. The van der Waals surface area contributed by atoms with Crippen molar-refractivity contribution in [3.05, 3.63) is 22.4 Å². The molecule has 0 aliphatic carbocycles. The summed E-state index contributed by atoms with van der Waals surface area (Å²) in [6, 6.07) is 3.65. The van der Waals surface area contributed by atoms with E-state index in [1.54, 1.807) is 0 Å². The quantitative estimate of drug-likeness (QED) is 0.644. The Hall–Kier alpha value is -0.940. The summed E-state index contributed by atoms with van der Waals surface area (Å²) in [7, 11) is 0. The second-order valence-electron chi connectivity index (χ2n) is 3.56. The summed E-state index contributed by atoms with van der Waals surface area (Å²) in [4.78, 5) is 15.7. The highest BCUT2D eigenvalue weighted by molar-refractivity contribution is 9.10. The fourth-order valence-electron chi connectivity index (χ4n) is 1.31. The predicted molar refractivity (Wildman–Crippen MR) is 68.2 cm³/mol. The van der Waals surface area contributed by atoms with E-state index in [1.807, 2.05) is 19.1 Å². The first-order valence-electron chi connectivity index (χ1n) is 5.26. The zero-order chi connectivity index (χ0) is 12.0. The lowest BCUT2D eigenvalue weighted by Crippen LogP contribution is -2.13. The first-order valence-corrected chi connectivity index (χ1v) is 6.06. The zero-order valence-electron chi connectivity index (χ0n) is 9.29. The number of carbonyl (C=O) groups excluding carboxylic acids is 1. The molecule has 0 atom stereocenters. The van der Waals surface area contributed by atoms with E-state index in [9.17, 15) is 4.79 Å². The molecule has 0 spiro atoms. The van der Waals surface area contributed by atoms with Crippen LogP contribution in [0.15, 0.2) is 16.7 Å². The van der Waals surface area contributed by atoms with Crippen LogP contribution in [0.5, 0.6) is 0 Å². The number of hydrogen-bond donors (Lipinski definition) is 2. The van der Waals surface area contributed by atoms with Gasteiger partial charge in [-0.3, -0.25) is 4.79 Å².